The molecule has 0 unspecified atom stereocenters. The summed E-state index contributed by atoms with van der Waals surface area (Å²) < 4.78 is 5.40. The van der Waals surface area contributed by atoms with E-state index in [1.165, 1.54) is 0 Å². The molecule has 0 bridgehead atoms. The molecule has 1 aromatic rings. The Morgan fingerprint density at radius 2 is 2.37 bits per heavy atom. The molecule has 5 nitrogen and oxygen atoms in total. The topological polar surface area (TPSA) is 77.2 Å². The van der Waals surface area contributed by atoms with Crippen LogP contribution in [0.2, 0.25) is 0 Å². The highest BCUT2D eigenvalue weighted by atomic mass is 32.1. The Bertz CT molecular complexity index is 380. The van der Waals surface area contributed by atoms with E-state index in [-0.39, 0.29) is 12.0 Å². The summed E-state index contributed by atoms with van der Waals surface area (Å²) in [6.45, 7) is 5.91. The molecule has 0 aliphatic rings. The number of carbonyl (C=O) groups excluding carboxylic acids is 1. The van der Waals surface area contributed by atoms with Crippen LogP contribution in [0.15, 0.2) is 5.38 Å². The molecular formula is C13H23N3O2S. The number of nitrogens with two attached hydrogens (primary N) is 1. The van der Waals surface area contributed by atoms with Crippen molar-refractivity contribution >= 4 is 17.2 Å². The fraction of sp³-hybridized carbons (Fsp3) is 0.692. The van der Waals surface area contributed by atoms with Crippen molar-refractivity contribution < 1.29 is 9.53 Å². The van der Waals surface area contributed by atoms with E-state index in [0.717, 1.165) is 23.5 Å². The van der Waals surface area contributed by atoms with E-state index in [9.17, 15) is 4.79 Å². The Labute approximate surface area is 118 Å². The summed E-state index contributed by atoms with van der Waals surface area (Å²) in [5, 5.41) is 5.79. The molecule has 1 rings (SSSR count). The minimum atomic E-state index is 0.00847. The Morgan fingerprint density at radius 3 is 3.05 bits per heavy atom. The van der Waals surface area contributed by atoms with Gasteiger partial charge >= 0.3 is 0 Å². The smallest absolute Gasteiger partial charge is 0.226 e. The second-order valence-corrected chi connectivity index (χ2v) is 5.51. The second-order valence-electron chi connectivity index (χ2n) is 4.57. The van der Waals surface area contributed by atoms with Crippen molar-refractivity contribution in [1.82, 2.24) is 10.3 Å². The van der Waals surface area contributed by atoms with Crippen LogP contribution in [0.5, 0.6) is 0 Å². The molecule has 0 saturated heterocycles. The van der Waals surface area contributed by atoms with Crippen LogP contribution in [0.4, 0.5) is 0 Å². The van der Waals surface area contributed by atoms with Gasteiger partial charge in [0, 0.05) is 25.0 Å². The van der Waals surface area contributed by atoms with Crippen molar-refractivity contribution in [3.05, 3.63) is 16.1 Å². The summed E-state index contributed by atoms with van der Waals surface area (Å²) in [6.07, 6.45) is 2.19. The van der Waals surface area contributed by atoms with Crippen LogP contribution in [0.25, 0.3) is 0 Å². The van der Waals surface area contributed by atoms with Crippen LogP contribution in [-0.4, -0.2) is 36.7 Å². The molecule has 0 aliphatic carbocycles. The lowest BCUT2D eigenvalue weighted by Gasteiger charge is -2.07. The first-order valence-electron chi connectivity index (χ1n) is 6.63. The zero-order valence-corrected chi connectivity index (χ0v) is 12.5. The molecular weight excluding hydrogens is 262 g/mol. The van der Waals surface area contributed by atoms with E-state index in [2.05, 4.69) is 10.3 Å². The molecule has 0 aromatic carbocycles. The Balaban J connectivity index is 2.16. The van der Waals surface area contributed by atoms with Gasteiger partial charge in [0.25, 0.3) is 0 Å². The van der Waals surface area contributed by atoms with E-state index >= 15 is 0 Å². The summed E-state index contributed by atoms with van der Waals surface area (Å²) >= 11 is 1.56. The molecule has 0 aliphatic heterocycles. The maximum atomic E-state index is 11.7. The third-order valence-corrected chi connectivity index (χ3v) is 3.35. The second kappa shape index (κ2) is 9.01. The van der Waals surface area contributed by atoms with Gasteiger partial charge in [-0.3, -0.25) is 4.79 Å². The van der Waals surface area contributed by atoms with Gasteiger partial charge in [0.05, 0.1) is 23.2 Å². The summed E-state index contributed by atoms with van der Waals surface area (Å²) in [7, 11) is 0. The van der Waals surface area contributed by atoms with E-state index in [4.69, 9.17) is 10.5 Å². The quantitative estimate of drug-likeness (QED) is 0.667. The molecule has 108 valence electrons. The highest BCUT2D eigenvalue weighted by molar-refractivity contribution is 7.09. The van der Waals surface area contributed by atoms with Crippen LogP contribution in [0, 0.1) is 0 Å². The Kier molecular flexibility index (Phi) is 7.62. The van der Waals surface area contributed by atoms with E-state index in [1.807, 2.05) is 19.2 Å². The van der Waals surface area contributed by atoms with Gasteiger partial charge in [-0.05, 0) is 26.8 Å². The molecule has 6 heteroatoms. The molecule has 3 N–H and O–H groups in total. The maximum absolute atomic E-state index is 11.7. The average molecular weight is 285 g/mol. The van der Waals surface area contributed by atoms with Gasteiger partial charge in [-0.15, -0.1) is 11.3 Å². The molecule has 1 aromatic heterocycles. The minimum Gasteiger partial charge on any atom is -0.379 e. The SMILES string of the molecule is CC(C)OCCCNC(=O)Cc1csc(CCN)n1. The molecule has 1 heterocycles. The highest BCUT2D eigenvalue weighted by Crippen LogP contribution is 2.10. The largest absolute Gasteiger partial charge is 0.379 e. The van der Waals surface area contributed by atoms with Gasteiger partial charge in [-0.1, -0.05) is 0 Å². The number of nitrogens with one attached hydrogen (secondary N) is 1. The molecule has 0 spiro atoms. The van der Waals surface area contributed by atoms with Gasteiger partial charge in [-0.25, -0.2) is 4.98 Å². The van der Waals surface area contributed by atoms with E-state index in [1.54, 1.807) is 11.3 Å². The predicted octanol–water partition coefficient (Wildman–Crippen LogP) is 1.12. The lowest BCUT2D eigenvalue weighted by molar-refractivity contribution is -0.120. The van der Waals surface area contributed by atoms with Gasteiger partial charge in [-0.2, -0.15) is 0 Å². The number of thiazole rings is 1. The fourth-order valence-corrected chi connectivity index (χ4v) is 2.33. The van der Waals surface area contributed by atoms with Crippen LogP contribution >= 0.6 is 11.3 Å². The van der Waals surface area contributed by atoms with E-state index in [0.29, 0.717) is 26.1 Å². The fourth-order valence-electron chi connectivity index (χ4n) is 1.51. The number of hydrogen-bond donors (Lipinski definition) is 2. The van der Waals surface area contributed by atoms with Gasteiger partial charge in [0.1, 0.15) is 0 Å². The van der Waals surface area contributed by atoms with Crippen molar-refractivity contribution in [3.63, 3.8) is 0 Å². The summed E-state index contributed by atoms with van der Waals surface area (Å²) in [6, 6.07) is 0. The minimum absolute atomic E-state index is 0.00847. The lowest BCUT2D eigenvalue weighted by atomic mass is 10.3. The molecule has 0 fully saturated rings. The number of aromatic nitrogens is 1. The monoisotopic (exact) mass is 285 g/mol. The first-order valence-corrected chi connectivity index (χ1v) is 7.51. The number of amides is 1. The Morgan fingerprint density at radius 1 is 1.58 bits per heavy atom. The lowest BCUT2D eigenvalue weighted by Crippen LogP contribution is -2.27. The van der Waals surface area contributed by atoms with Crippen molar-refractivity contribution in [3.8, 4) is 0 Å². The summed E-state index contributed by atoms with van der Waals surface area (Å²) in [4.78, 5) is 16.0. The summed E-state index contributed by atoms with van der Waals surface area (Å²) in [5.41, 5.74) is 6.29. The number of hydrogen-bond acceptors (Lipinski definition) is 5. The number of nitrogens with zero attached hydrogens (tertiary/aromatic N) is 1. The number of carbonyl (C=O) groups is 1. The average Bonchev–Trinajstić information content (AvgIpc) is 2.76. The first kappa shape index (κ1) is 16.1. The third kappa shape index (κ3) is 7.25. The Hall–Kier alpha value is -0.980. The zero-order chi connectivity index (χ0) is 14.1. The van der Waals surface area contributed by atoms with Crippen LogP contribution < -0.4 is 11.1 Å². The molecule has 0 saturated carbocycles. The normalized spacial score (nSPS) is 10.9. The van der Waals surface area contributed by atoms with Gasteiger partial charge in [0.2, 0.25) is 5.91 Å². The third-order valence-electron chi connectivity index (χ3n) is 2.39. The maximum Gasteiger partial charge on any atom is 0.226 e. The van der Waals surface area contributed by atoms with Crippen molar-refractivity contribution in [2.75, 3.05) is 19.7 Å². The first-order chi connectivity index (χ1) is 9.11. The molecule has 1 amide bonds. The summed E-state index contributed by atoms with van der Waals surface area (Å²) in [5.74, 6) is 0.00847. The predicted molar refractivity (Wildman–Crippen MR) is 77.3 cm³/mol. The van der Waals surface area contributed by atoms with Crippen molar-refractivity contribution in [1.29, 1.82) is 0 Å². The molecule has 0 radical (unpaired) electrons. The number of ether oxygens (including phenoxy) is 1. The van der Waals surface area contributed by atoms with Gasteiger partial charge < -0.3 is 15.8 Å². The van der Waals surface area contributed by atoms with Crippen LogP contribution in [-0.2, 0) is 22.4 Å². The van der Waals surface area contributed by atoms with Crippen LogP contribution in [0.1, 0.15) is 31.0 Å². The van der Waals surface area contributed by atoms with Crippen LogP contribution in [0.3, 0.4) is 0 Å². The number of rotatable bonds is 9. The van der Waals surface area contributed by atoms with E-state index < -0.39 is 0 Å². The van der Waals surface area contributed by atoms with Gasteiger partial charge in [0.15, 0.2) is 0 Å². The van der Waals surface area contributed by atoms with Crippen molar-refractivity contribution in [2.24, 2.45) is 5.73 Å². The molecule has 19 heavy (non-hydrogen) atoms. The van der Waals surface area contributed by atoms with Crippen molar-refractivity contribution in [2.45, 2.75) is 39.2 Å². The molecule has 0 atom stereocenters. The zero-order valence-electron chi connectivity index (χ0n) is 11.6. The highest BCUT2D eigenvalue weighted by Gasteiger charge is 2.07. The standard InChI is InChI=1S/C13H23N3O2S/c1-10(2)18-7-3-6-15-12(17)8-11-9-19-13(16-11)4-5-14/h9-10H,3-8,14H2,1-2H3,(H,15,17).